The van der Waals surface area contributed by atoms with E-state index in [0.717, 1.165) is 19.4 Å². The van der Waals surface area contributed by atoms with Crippen LogP contribution in [-0.4, -0.2) is 43.0 Å². The van der Waals surface area contributed by atoms with Crippen LogP contribution in [0.25, 0.3) is 0 Å². The zero-order valence-corrected chi connectivity index (χ0v) is 15.4. The molecule has 1 fully saturated rings. The van der Waals surface area contributed by atoms with E-state index in [1.54, 1.807) is 0 Å². The lowest BCUT2D eigenvalue weighted by molar-refractivity contribution is 0.103. The van der Waals surface area contributed by atoms with Crippen LogP contribution in [0, 0.1) is 0 Å². The van der Waals surface area contributed by atoms with E-state index in [2.05, 4.69) is 28.1 Å². The summed E-state index contributed by atoms with van der Waals surface area (Å²) in [7, 11) is 0. The summed E-state index contributed by atoms with van der Waals surface area (Å²) < 4.78 is 5.87. The summed E-state index contributed by atoms with van der Waals surface area (Å²) in [5.74, 6) is 0.642. The molecular weight excluding hydrogens is 342 g/mol. The number of urea groups is 1. The van der Waals surface area contributed by atoms with Gasteiger partial charge in [0.05, 0.1) is 24.4 Å². The Morgan fingerprint density at radius 1 is 1.15 bits per heavy atom. The first-order valence-corrected chi connectivity index (χ1v) is 9.44. The molecule has 6 nitrogen and oxygen atoms in total. The molecule has 2 atom stereocenters. The summed E-state index contributed by atoms with van der Waals surface area (Å²) in [5.41, 5.74) is 1.90. The molecule has 0 spiro atoms. The zero-order valence-electron chi connectivity index (χ0n) is 15.4. The molecule has 6 heteroatoms. The van der Waals surface area contributed by atoms with E-state index in [0.29, 0.717) is 31.0 Å². The van der Waals surface area contributed by atoms with Gasteiger partial charge in [0, 0.05) is 6.54 Å². The number of hydrogen-bond donors (Lipinski definition) is 4. The van der Waals surface area contributed by atoms with Crippen molar-refractivity contribution in [3.63, 3.8) is 0 Å². The van der Waals surface area contributed by atoms with Gasteiger partial charge in [-0.2, -0.15) is 0 Å². The lowest BCUT2D eigenvalue weighted by Gasteiger charge is -2.29. The molecule has 4 N–H and O–H groups in total. The topological polar surface area (TPSA) is 82.6 Å². The lowest BCUT2D eigenvalue weighted by Crippen LogP contribution is -2.54. The number of nitrogens with one attached hydrogen (secondary N) is 3. The van der Waals surface area contributed by atoms with Crippen molar-refractivity contribution in [1.29, 1.82) is 0 Å². The number of amides is 2. The van der Waals surface area contributed by atoms with E-state index in [4.69, 9.17) is 4.74 Å². The number of para-hydroxylation sites is 2. The third kappa shape index (κ3) is 5.98. The first-order valence-electron chi connectivity index (χ1n) is 9.44. The molecule has 0 saturated carbocycles. The second-order valence-electron chi connectivity index (χ2n) is 6.70. The first-order chi connectivity index (χ1) is 13.2. The highest BCUT2D eigenvalue weighted by molar-refractivity contribution is 5.91. The number of ether oxygens (including phenoxy) is 1. The quantitative estimate of drug-likeness (QED) is 0.565. The smallest absolute Gasteiger partial charge is 0.319 e. The standard InChI is InChI=1S/C21H27N3O3/c25-19-12-13-22-15-18(19)24-21(26)23-17-10-4-5-11-20(17)27-14-6-9-16-7-2-1-3-8-16/h1-5,7-8,10-11,18-19,22,25H,6,9,12-15H2,(H2,23,24,26)/t18-,19-/m1/s1. The van der Waals surface area contributed by atoms with Gasteiger partial charge < -0.3 is 25.8 Å². The number of aliphatic hydroxyl groups excluding tert-OH is 1. The Morgan fingerprint density at radius 3 is 2.74 bits per heavy atom. The molecule has 3 rings (SSSR count). The Kier molecular flexibility index (Phi) is 7.07. The van der Waals surface area contributed by atoms with Crippen LogP contribution < -0.4 is 20.7 Å². The fourth-order valence-corrected chi connectivity index (χ4v) is 3.12. The van der Waals surface area contributed by atoms with E-state index in [9.17, 15) is 9.90 Å². The van der Waals surface area contributed by atoms with Crippen LogP contribution in [0.15, 0.2) is 54.6 Å². The minimum Gasteiger partial charge on any atom is -0.491 e. The van der Waals surface area contributed by atoms with Crippen LogP contribution in [0.4, 0.5) is 10.5 Å². The molecule has 0 aromatic heterocycles. The number of piperidine rings is 1. The Balaban J connectivity index is 1.48. The molecular formula is C21H27N3O3. The van der Waals surface area contributed by atoms with Crippen LogP contribution in [0.3, 0.4) is 0 Å². The first kappa shape index (κ1) is 19.2. The van der Waals surface area contributed by atoms with Gasteiger partial charge in [0.25, 0.3) is 0 Å². The maximum absolute atomic E-state index is 12.3. The summed E-state index contributed by atoms with van der Waals surface area (Å²) >= 11 is 0. The van der Waals surface area contributed by atoms with Crippen molar-refractivity contribution in [3.05, 3.63) is 60.2 Å². The average Bonchev–Trinajstić information content (AvgIpc) is 2.69. The number of benzene rings is 2. The Bertz CT molecular complexity index is 724. The number of anilines is 1. The Morgan fingerprint density at radius 2 is 1.93 bits per heavy atom. The Hall–Kier alpha value is -2.57. The molecule has 2 aromatic rings. The number of rotatable bonds is 7. The highest BCUT2D eigenvalue weighted by atomic mass is 16.5. The van der Waals surface area contributed by atoms with Gasteiger partial charge in [0.2, 0.25) is 0 Å². The monoisotopic (exact) mass is 369 g/mol. The van der Waals surface area contributed by atoms with Crippen molar-refractivity contribution >= 4 is 11.7 Å². The minimum atomic E-state index is -0.526. The molecule has 27 heavy (non-hydrogen) atoms. The molecule has 2 amide bonds. The van der Waals surface area contributed by atoms with Crippen LogP contribution >= 0.6 is 0 Å². The molecule has 1 saturated heterocycles. The number of aliphatic hydroxyl groups is 1. The van der Waals surface area contributed by atoms with Gasteiger partial charge in [-0.25, -0.2) is 4.79 Å². The van der Waals surface area contributed by atoms with Gasteiger partial charge in [-0.15, -0.1) is 0 Å². The van der Waals surface area contributed by atoms with Crippen molar-refractivity contribution < 1.29 is 14.6 Å². The van der Waals surface area contributed by atoms with E-state index in [1.807, 2.05) is 42.5 Å². The third-order valence-corrected chi connectivity index (χ3v) is 4.61. The predicted molar refractivity (Wildman–Crippen MR) is 106 cm³/mol. The van der Waals surface area contributed by atoms with E-state index in [1.165, 1.54) is 5.56 Å². The molecule has 0 radical (unpaired) electrons. The van der Waals surface area contributed by atoms with Gasteiger partial charge in [-0.1, -0.05) is 42.5 Å². The molecule has 1 aliphatic heterocycles. The maximum atomic E-state index is 12.3. The second kappa shape index (κ2) is 9.94. The van der Waals surface area contributed by atoms with Crippen LogP contribution in [0.1, 0.15) is 18.4 Å². The van der Waals surface area contributed by atoms with Gasteiger partial charge in [0.15, 0.2) is 0 Å². The van der Waals surface area contributed by atoms with Crippen molar-refractivity contribution in [2.75, 3.05) is 25.0 Å². The molecule has 144 valence electrons. The van der Waals surface area contributed by atoms with Crippen molar-refractivity contribution in [3.8, 4) is 5.75 Å². The van der Waals surface area contributed by atoms with Crippen molar-refractivity contribution in [2.45, 2.75) is 31.4 Å². The number of hydrogen-bond acceptors (Lipinski definition) is 4. The molecule has 1 heterocycles. The fraction of sp³-hybridized carbons (Fsp3) is 0.381. The summed E-state index contributed by atoms with van der Waals surface area (Å²) in [6.45, 7) is 1.90. The molecule has 0 bridgehead atoms. The van der Waals surface area contributed by atoms with Crippen LogP contribution in [0.5, 0.6) is 5.75 Å². The normalized spacial score (nSPS) is 19.3. The van der Waals surface area contributed by atoms with E-state index < -0.39 is 6.10 Å². The third-order valence-electron chi connectivity index (χ3n) is 4.61. The summed E-state index contributed by atoms with van der Waals surface area (Å²) in [4.78, 5) is 12.3. The summed E-state index contributed by atoms with van der Waals surface area (Å²) in [6.07, 6.45) is 1.95. The summed E-state index contributed by atoms with van der Waals surface area (Å²) in [5, 5.41) is 18.8. The van der Waals surface area contributed by atoms with Gasteiger partial charge in [0.1, 0.15) is 5.75 Å². The minimum absolute atomic E-state index is 0.294. The molecule has 0 aliphatic carbocycles. The van der Waals surface area contributed by atoms with Gasteiger partial charge in [-0.05, 0) is 43.5 Å². The van der Waals surface area contributed by atoms with Crippen molar-refractivity contribution in [2.24, 2.45) is 0 Å². The van der Waals surface area contributed by atoms with Gasteiger partial charge in [-0.3, -0.25) is 0 Å². The number of aryl methyl sites for hydroxylation is 1. The summed E-state index contributed by atoms with van der Waals surface area (Å²) in [6, 6.07) is 17.0. The van der Waals surface area contributed by atoms with E-state index >= 15 is 0 Å². The maximum Gasteiger partial charge on any atom is 0.319 e. The highest BCUT2D eigenvalue weighted by Crippen LogP contribution is 2.24. The Labute approximate surface area is 159 Å². The molecule has 0 unspecified atom stereocenters. The fourth-order valence-electron chi connectivity index (χ4n) is 3.12. The average molecular weight is 369 g/mol. The predicted octanol–water partition coefficient (Wildman–Crippen LogP) is 2.54. The molecule has 1 aliphatic rings. The number of carbonyl (C=O) groups is 1. The van der Waals surface area contributed by atoms with E-state index in [-0.39, 0.29) is 12.1 Å². The van der Waals surface area contributed by atoms with Crippen molar-refractivity contribution in [1.82, 2.24) is 10.6 Å². The largest absolute Gasteiger partial charge is 0.491 e. The lowest BCUT2D eigenvalue weighted by atomic mass is 10.0. The second-order valence-corrected chi connectivity index (χ2v) is 6.70. The highest BCUT2D eigenvalue weighted by Gasteiger charge is 2.24. The molecule has 2 aromatic carbocycles. The number of carbonyl (C=O) groups excluding carboxylic acids is 1. The SMILES string of the molecule is O=C(Nc1ccccc1OCCCc1ccccc1)N[C@@H]1CNCC[C@H]1O. The van der Waals surface area contributed by atoms with Crippen LogP contribution in [-0.2, 0) is 6.42 Å². The zero-order chi connectivity index (χ0) is 18.9. The van der Waals surface area contributed by atoms with Gasteiger partial charge >= 0.3 is 6.03 Å². The van der Waals surface area contributed by atoms with Crippen LogP contribution in [0.2, 0.25) is 0 Å².